The van der Waals surface area contributed by atoms with Gasteiger partial charge in [0.1, 0.15) is 5.25 Å². The third-order valence-corrected chi connectivity index (χ3v) is 3.30. The summed E-state index contributed by atoms with van der Waals surface area (Å²) in [5.41, 5.74) is 0. The molecule has 0 amide bonds. The first-order valence-corrected chi connectivity index (χ1v) is 5.69. The van der Waals surface area contributed by atoms with Gasteiger partial charge in [-0.15, -0.1) is 11.8 Å². The zero-order valence-corrected chi connectivity index (χ0v) is 9.65. The number of methoxy groups -OCH3 is 1. The highest BCUT2D eigenvalue weighted by Gasteiger charge is 2.39. The van der Waals surface area contributed by atoms with Gasteiger partial charge >= 0.3 is 6.18 Å². The smallest absolute Gasteiger partial charge is 0.385 e. The Morgan fingerprint density at radius 2 is 1.88 bits per heavy atom. The highest BCUT2D eigenvalue weighted by atomic mass is 32.2. The largest absolute Gasteiger partial charge is 0.400 e. The van der Waals surface area contributed by atoms with E-state index in [2.05, 4.69) is 0 Å². The lowest BCUT2D eigenvalue weighted by Gasteiger charge is -2.19. The number of thioether (sulfide) groups is 1. The lowest BCUT2D eigenvalue weighted by Crippen LogP contribution is -2.26. The molecule has 0 fully saturated rings. The Bertz CT molecular complexity index is 300. The Hall–Kier alpha value is -0.680. The van der Waals surface area contributed by atoms with Crippen molar-refractivity contribution in [3.8, 4) is 0 Å². The van der Waals surface area contributed by atoms with Crippen LogP contribution in [0.3, 0.4) is 0 Å². The summed E-state index contributed by atoms with van der Waals surface area (Å²) in [5.74, 6) is 0. The summed E-state index contributed by atoms with van der Waals surface area (Å²) in [6.07, 6.45) is -4.22. The highest BCUT2D eigenvalue weighted by Crippen LogP contribution is 2.36. The zero-order chi connectivity index (χ0) is 12.0. The number of ether oxygens (including phenoxy) is 1. The fourth-order valence-electron chi connectivity index (χ4n) is 1.18. The number of alkyl halides is 3. The van der Waals surface area contributed by atoms with Gasteiger partial charge in [0.15, 0.2) is 0 Å². The molecule has 16 heavy (non-hydrogen) atoms. The number of hydrogen-bond donors (Lipinski definition) is 0. The van der Waals surface area contributed by atoms with Gasteiger partial charge in [0.25, 0.3) is 0 Å². The number of rotatable bonds is 5. The molecule has 90 valence electrons. The second-order valence-electron chi connectivity index (χ2n) is 3.24. The second kappa shape index (κ2) is 6.15. The van der Waals surface area contributed by atoms with Gasteiger partial charge in [-0.2, -0.15) is 13.2 Å². The molecule has 1 unspecified atom stereocenters. The van der Waals surface area contributed by atoms with Crippen LogP contribution in [-0.4, -0.2) is 25.1 Å². The molecule has 0 N–H and O–H groups in total. The third kappa shape index (κ3) is 4.45. The van der Waals surface area contributed by atoms with E-state index < -0.39 is 11.4 Å². The molecule has 0 aliphatic rings. The van der Waals surface area contributed by atoms with E-state index in [0.29, 0.717) is 4.90 Å². The average Bonchev–Trinajstić information content (AvgIpc) is 2.24. The molecule has 1 aromatic rings. The molecule has 0 bridgehead atoms. The lowest BCUT2D eigenvalue weighted by atomic mass is 10.3. The first-order valence-electron chi connectivity index (χ1n) is 4.81. The molecule has 0 saturated heterocycles. The molecule has 1 aromatic carbocycles. The zero-order valence-electron chi connectivity index (χ0n) is 8.83. The first kappa shape index (κ1) is 13.4. The molecule has 0 saturated carbocycles. The van der Waals surface area contributed by atoms with Crippen molar-refractivity contribution in [1.82, 2.24) is 0 Å². The maximum atomic E-state index is 12.7. The normalized spacial score (nSPS) is 13.8. The monoisotopic (exact) mass is 250 g/mol. The molecule has 0 aromatic heterocycles. The van der Waals surface area contributed by atoms with Crippen molar-refractivity contribution in [1.29, 1.82) is 0 Å². The van der Waals surface area contributed by atoms with Gasteiger partial charge in [0.2, 0.25) is 0 Å². The predicted molar refractivity (Wildman–Crippen MR) is 58.6 cm³/mol. The van der Waals surface area contributed by atoms with Crippen LogP contribution in [-0.2, 0) is 4.74 Å². The lowest BCUT2D eigenvalue weighted by molar-refractivity contribution is -0.131. The van der Waals surface area contributed by atoms with Crippen LogP contribution in [0.2, 0.25) is 0 Å². The maximum absolute atomic E-state index is 12.7. The second-order valence-corrected chi connectivity index (χ2v) is 4.52. The van der Waals surface area contributed by atoms with Crippen LogP contribution < -0.4 is 0 Å². The standard InChI is InChI=1S/C11H13F3OS/c1-15-8-7-10(11(12,13)14)16-9-5-3-2-4-6-9/h2-6,10H,7-8H2,1H3. The van der Waals surface area contributed by atoms with E-state index in [1.165, 1.54) is 7.11 Å². The van der Waals surface area contributed by atoms with Gasteiger partial charge in [-0.3, -0.25) is 0 Å². The van der Waals surface area contributed by atoms with Crippen molar-refractivity contribution in [2.45, 2.75) is 22.7 Å². The predicted octanol–water partition coefficient (Wildman–Crippen LogP) is 3.75. The Balaban J connectivity index is 2.64. The van der Waals surface area contributed by atoms with Gasteiger partial charge in [-0.25, -0.2) is 0 Å². The molecular formula is C11H13F3OS. The third-order valence-electron chi connectivity index (χ3n) is 1.97. The van der Waals surface area contributed by atoms with Gasteiger partial charge < -0.3 is 4.74 Å². The minimum absolute atomic E-state index is 0.0282. The number of halogens is 3. The van der Waals surface area contributed by atoms with Crippen LogP contribution in [0, 0.1) is 0 Å². The van der Waals surface area contributed by atoms with Gasteiger partial charge in [-0.05, 0) is 18.6 Å². The van der Waals surface area contributed by atoms with E-state index in [1.807, 2.05) is 0 Å². The van der Waals surface area contributed by atoms with E-state index in [-0.39, 0.29) is 13.0 Å². The van der Waals surface area contributed by atoms with Crippen molar-refractivity contribution < 1.29 is 17.9 Å². The Kier molecular flexibility index (Phi) is 5.15. The SMILES string of the molecule is COCCC(Sc1ccccc1)C(F)(F)F. The summed E-state index contributed by atoms with van der Waals surface area (Å²) in [5, 5.41) is -1.41. The molecule has 1 nitrogen and oxygen atoms in total. The van der Waals surface area contributed by atoms with E-state index in [0.717, 1.165) is 11.8 Å². The van der Waals surface area contributed by atoms with E-state index in [1.54, 1.807) is 30.3 Å². The van der Waals surface area contributed by atoms with Crippen molar-refractivity contribution >= 4 is 11.8 Å². The quantitative estimate of drug-likeness (QED) is 0.736. The van der Waals surface area contributed by atoms with Crippen LogP contribution in [0.5, 0.6) is 0 Å². The summed E-state index contributed by atoms with van der Waals surface area (Å²) >= 11 is 0.831. The highest BCUT2D eigenvalue weighted by molar-refractivity contribution is 8.00. The Labute approximate surface area is 97.0 Å². The van der Waals surface area contributed by atoms with Gasteiger partial charge in [0.05, 0.1) is 0 Å². The fourth-order valence-corrected chi connectivity index (χ4v) is 2.17. The van der Waals surface area contributed by atoms with Gasteiger partial charge in [0, 0.05) is 18.6 Å². The summed E-state index contributed by atoms with van der Waals surface area (Å²) in [6, 6.07) is 8.59. The molecular weight excluding hydrogens is 237 g/mol. The molecule has 0 heterocycles. The molecule has 0 aliphatic carbocycles. The van der Waals surface area contributed by atoms with E-state index >= 15 is 0 Å². The minimum atomic E-state index is -4.20. The first-order chi connectivity index (χ1) is 7.54. The van der Waals surface area contributed by atoms with Crippen molar-refractivity contribution in [2.75, 3.05) is 13.7 Å². The van der Waals surface area contributed by atoms with Crippen molar-refractivity contribution in [3.63, 3.8) is 0 Å². The van der Waals surface area contributed by atoms with Crippen molar-refractivity contribution in [3.05, 3.63) is 30.3 Å². The average molecular weight is 250 g/mol. The summed E-state index contributed by atoms with van der Waals surface area (Å²) in [4.78, 5) is 0.626. The van der Waals surface area contributed by atoms with Crippen LogP contribution in [0.15, 0.2) is 35.2 Å². The number of benzene rings is 1. The molecule has 5 heteroatoms. The van der Waals surface area contributed by atoms with E-state index in [9.17, 15) is 13.2 Å². The van der Waals surface area contributed by atoms with Crippen molar-refractivity contribution in [2.24, 2.45) is 0 Å². The Morgan fingerprint density at radius 1 is 1.25 bits per heavy atom. The fraction of sp³-hybridized carbons (Fsp3) is 0.455. The molecule has 0 spiro atoms. The Morgan fingerprint density at radius 3 is 2.38 bits per heavy atom. The van der Waals surface area contributed by atoms with Gasteiger partial charge in [-0.1, -0.05) is 18.2 Å². The summed E-state index contributed by atoms with van der Waals surface area (Å²) < 4.78 is 42.6. The molecule has 1 atom stereocenters. The minimum Gasteiger partial charge on any atom is -0.385 e. The number of hydrogen-bond acceptors (Lipinski definition) is 2. The summed E-state index contributed by atoms with van der Waals surface area (Å²) in [7, 11) is 1.40. The van der Waals surface area contributed by atoms with Crippen LogP contribution >= 0.6 is 11.8 Å². The van der Waals surface area contributed by atoms with Crippen LogP contribution in [0.4, 0.5) is 13.2 Å². The topological polar surface area (TPSA) is 9.23 Å². The molecule has 1 rings (SSSR count). The molecule has 0 aliphatic heterocycles. The van der Waals surface area contributed by atoms with Crippen LogP contribution in [0.1, 0.15) is 6.42 Å². The molecule has 0 radical (unpaired) electrons. The maximum Gasteiger partial charge on any atom is 0.400 e. The van der Waals surface area contributed by atoms with Crippen LogP contribution in [0.25, 0.3) is 0 Å². The van der Waals surface area contributed by atoms with E-state index in [4.69, 9.17) is 4.74 Å². The summed E-state index contributed by atoms with van der Waals surface area (Å²) in [6.45, 7) is 0.115.